The Kier molecular flexibility index (Phi) is 11.0. The lowest BCUT2D eigenvalue weighted by atomic mass is 9.45. The van der Waals surface area contributed by atoms with Gasteiger partial charge in [0.1, 0.15) is 12.1 Å². The number of carbonyl (C=O) groups excluding carboxylic acids is 2. The third kappa shape index (κ3) is 7.67. The molecule has 258 valence electrons. The molecule has 10 heteroatoms. The van der Waals surface area contributed by atoms with Gasteiger partial charge in [0, 0.05) is 31.2 Å². The first-order chi connectivity index (χ1) is 22.3. The molecule has 4 aliphatic rings. The van der Waals surface area contributed by atoms with Crippen molar-refractivity contribution < 1.29 is 24.6 Å². The molecule has 2 bridgehead atoms. The van der Waals surface area contributed by atoms with Crippen LogP contribution in [0.15, 0.2) is 48.5 Å². The van der Waals surface area contributed by atoms with E-state index in [1.807, 2.05) is 56.6 Å². The molecule has 2 aromatic rings. The number of hydrogen-bond acceptors (Lipinski definition) is 7. The minimum Gasteiger partial charge on any atom is -0.394 e. The Morgan fingerprint density at radius 2 is 1.79 bits per heavy atom. The van der Waals surface area contributed by atoms with Crippen molar-refractivity contribution in [3.05, 3.63) is 54.1 Å². The Balaban J connectivity index is 1.26. The molecule has 0 aromatic heterocycles. The maximum atomic E-state index is 14.0. The minimum atomic E-state index is -0.841. The Morgan fingerprint density at radius 3 is 2.40 bits per heavy atom. The van der Waals surface area contributed by atoms with Crippen molar-refractivity contribution in [1.82, 2.24) is 20.2 Å². The van der Waals surface area contributed by atoms with E-state index in [-0.39, 0.29) is 24.6 Å². The molecule has 6 rings (SSSR count). The van der Waals surface area contributed by atoms with Crippen LogP contribution in [0.4, 0.5) is 10.5 Å². The average Bonchev–Trinajstić information content (AvgIpc) is 3.40. The molecule has 4 N–H and O–H groups in total. The average molecular weight is 650 g/mol. The second-order valence-electron chi connectivity index (χ2n) is 15.0. The van der Waals surface area contributed by atoms with Crippen molar-refractivity contribution in [2.45, 2.75) is 77.8 Å². The summed E-state index contributed by atoms with van der Waals surface area (Å²) < 4.78 is 0. The fourth-order valence-corrected chi connectivity index (χ4v) is 8.20. The zero-order chi connectivity index (χ0) is 34.0. The van der Waals surface area contributed by atoms with Crippen LogP contribution in [-0.4, -0.2) is 102 Å². The van der Waals surface area contributed by atoms with E-state index in [2.05, 4.69) is 42.4 Å². The first-order valence-electron chi connectivity index (χ1n) is 17.2. The fraction of sp³-hybridized carbons (Fsp3) is 0.622. The lowest BCUT2D eigenvalue weighted by Gasteiger charge is -2.62. The van der Waals surface area contributed by atoms with Gasteiger partial charge in [0.05, 0.1) is 19.3 Å². The van der Waals surface area contributed by atoms with Crippen LogP contribution in [0.2, 0.25) is 0 Å². The Hall–Kier alpha value is -3.02. The van der Waals surface area contributed by atoms with E-state index < -0.39 is 24.2 Å². The molecule has 3 amide bonds. The highest BCUT2D eigenvalue weighted by atomic mass is 16.7. The predicted octanol–water partition coefficient (Wildman–Crippen LogP) is 4.43. The van der Waals surface area contributed by atoms with E-state index in [9.17, 15) is 19.8 Å². The number of nitrogens with one attached hydrogen (secondary N) is 2. The van der Waals surface area contributed by atoms with E-state index in [1.165, 1.54) is 6.42 Å². The summed E-state index contributed by atoms with van der Waals surface area (Å²) in [7, 11) is 5.84. The van der Waals surface area contributed by atoms with E-state index >= 15 is 0 Å². The van der Waals surface area contributed by atoms with Gasteiger partial charge in [-0.05, 0) is 105 Å². The Labute approximate surface area is 280 Å². The van der Waals surface area contributed by atoms with E-state index in [1.54, 1.807) is 23.9 Å². The van der Waals surface area contributed by atoms with Crippen LogP contribution in [0.3, 0.4) is 0 Å². The second kappa shape index (κ2) is 14.6. The highest BCUT2D eigenvalue weighted by Crippen LogP contribution is 2.61. The van der Waals surface area contributed by atoms with Crippen molar-refractivity contribution in [1.29, 1.82) is 0 Å². The maximum absolute atomic E-state index is 14.0. The van der Waals surface area contributed by atoms with Gasteiger partial charge in [-0.1, -0.05) is 51.1 Å². The molecule has 10 nitrogen and oxygen atoms in total. The fourth-order valence-electron chi connectivity index (χ4n) is 8.20. The van der Waals surface area contributed by atoms with Gasteiger partial charge in [-0.2, -0.15) is 5.06 Å². The molecular formula is C37H55N5O5. The van der Waals surface area contributed by atoms with Crippen molar-refractivity contribution in [3.63, 3.8) is 0 Å². The quantitative estimate of drug-likeness (QED) is 0.269. The number of carbonyl (C=O) groups is 2. The highest BCUT2D eigenvalue weighted by molar-refractivity contribution is 5.89. The number of benzene rings is 2. The molecule has 3 saturated carbocycles. The van der Waals surface area contributed by atoms with Crippen LogP contribution < -0.4 is 10.6 Å². The number of anilines is 1. The van der Waals surface area contributed by atoms with Crippen LogP contribution in [0.5, 0.6) is 0 Å². The molecule has 47 heavy (non-hydrogen) atoms. The summed E-state index contributed by atoms with van der Waals surface area (Å²) >= 11 is 0. The van der Waals surface area contributed by atoms with E-state index in [4.69, 9.17) is 4.84 Å². The summed E-state index contributed by atoms with van der Waals surface area (Å²) in [4.78, 5) is 36.6. The molecule has 0 spiro atoms. The predicted molar refractivity (Wildman–Crippen MR) is 184 cm³/mol. The third-order valence-corrected chi connectivity index (χ3v) is 11.2. The third-order valence-electron chi connectivity index (χ3n) is 11.2. The largest absolute Gasteiger partial charge is 0.394 e. The normalized spacial score (nSPS) is 28.9. The maximum Gasteiger partial charge on any atom is 0.321 e. The van der Waals surface area contributed by atoms with Gasteiger partial charge >= 0.3 is 6.03 Å². The molecule has 0 radical (unpaired) electrons. The van der Waals surface area contributed by atoms with Crippen molar-refractivity contribution in [2.24, 2.45) is 29.1 Å². The van der Waals surface area contributed by atoms with Gasteiger partial charge in [-0.25, -0.2) is 4.79 Å². The minimum absolute atomic E-state index is 0.0866. The monoisotopic (exact) mass is 649 g/mol. The highest BCUT2D eigenvalue weighted by Gasteiger charge is 2.57. The molecule has 4 fully saturated rings. The number of nitrogens with zero attached hydrogens (tertiary/aromatic N) is 3. The van der Waals surface area contributed by atoms with Crippen LogP contribution in [0.1, 0.15) is 52.5 Å². The molecule has 1 aliphatic heterocycles. The Bertz CT molecular complexity index is 1380. The second-order valence-corrected chi connectivity index (χ2v) is 15.0. The van der Waals surface area contributed by atoms with Crippen molar-refractivity contribution >= 4 is 17.6 Å². The van der Waals surface area contributed by atoms with Gasteiger partial charge in [-0.3, -0.25) is 9.63 Å². The van der Waals surface area contributed by atoms with Crippen molar-refractivity contribution in [3.8, 4) is 11.1 Å². The summed E-state index contributed by atoms with van der Waals surface area (Å²) in [6, 6.07) is 15.0. The number of urea groups is 1. The summed E-state index contributed by atoms with van der Waals surface area (Å²) in [5.74, 6) is 0.851. The lowest BCUT2D eigenvalue weighted by molar-refractivity contribution is -0.183. The zero-order valence-corrected chi connectivity index (χ0v) is 29.1. The molecule has 1 saturated heterocycles. The van der Waals surface area contributed by atoms with Gasteiger partial charge in [0.25, 0.3) is 0 Å². The number of fused-ring (bicyclic) bond motifs is 2. The standard InChI is InChI=1S/C37H55N5O5/c1-23-30-19-28(37(30,3)4)20-31(23)39-35(45)34-33(24(2)44)32(22-43)47-42(34)21-25-10-8-11-27(18-25)26-12-14-29(15-13-26)38-36(46)41(7)17-9-16-40(5)6/h8,10-15,18,23-24,28,30-34,43-44H,9,16-17,19-22H2,1-7H3,(H,38,46)(H,39,45)/t23?,24?,28-,30+,31-,32?,33+,34?/m0/s1. The van der Waals surface area contributed by atoms with Gasteiger partial charge < -0.3 is 30.6 Å². The van der Waals surface area contributed by atoms with Crippen LogP contribution in [0.25, 0.3) is 11.1 Å². The molecule has 8 atom stereocenters. The summed E-state index contributed by atoms with van der Waals surface area (Å²) in [5.41, 5.74) is 3.96. The molecule has 4 unspecified atom stereocenters. The summed E-state index contributed by atoms with van der Waals surface area (Å²) in [6.45, 7) is 10.2. The first kappa shape index (κ1) is 35.3. The van der Waals surface area contributed by atoms with Crippen LogP contribution in [0, 0.1) is 29.1 Å². The number of rotatable bonds is 12. The SMILES string of the molecule is CC(O)[C@@H]1C(CO)ON(Cc2cccc(-c3ccc(NC(=O)N(C)CCCN(C)C)cc3)c2)C1C(=O)N[C@H]1C[C@@H]2C[C@H](C1C)C2(C)C. The van der Waals surface area contributed by atoms with Crippen LogP contribution in [-0.2, 0) is 16.2 Å². The number of hydroxylamine groups is 2. The zero-order valence-electron chi connectivity index (χ0n) is 29.1. The topological polar surface area (TPSA) is 118 Å². The van der Waals surface area contributed by atoms with Gasteiger partial charge in [-0.15, -0.1) is 0 Å². The number of aliphatic hydroxyl groups is 2. The smallest absolute Gasteiger partial charge is 0.321 e. The Morgan fingerprint density at radius 1 is 1.06 bits per heavy atom. The number of hydrogen-bond donors (Lipinski definition) is 4. The molecular weight excluding hydrogens is 594 g/mol. The van der Waals surface area contributed by atoms with E-state index in [0.717, 1.165) is 41.8 Å². The lowest BCUT2D eigenvalue weighted by Crippen LogP contribution is -2.62. The first-order valence-corrected chi connectivity index (χ1v) is 17.2. The van der Waals surface area contributed by atoms with Crippen molar-refractivity contribution in [2.75, 3.05) is 46.2 Å². The number of aliphatic hydroxyl groups excluding tert-OH is 2. The molecule has 2 aromatic carbocycles. The summed E-state index contributed by atoms with van der Waals surface area (Å²) in [6.07, 6.45) is 1.57. The molecule has 3 aliphatic carbocycles. The van der Waals surface area contributed by atoms with Gasteiger partial charge in [0.2, 0.25) is 5.91 Å². The van der Waals surface area contributed by atoms with E-state index in [0.29, 0.717) is 36.3 Å². The van der Waals surface area contributed by atoms with Gasteiger partial charge in [0.15, 0.2) is 0 Å². The van der Waals surface area contributed by atoms with Crippen LogP contribution >= 0.6 is 0 Å². The molecule has 1 heterocycles. The number of amides is 3. The summed E-state index contributed by atoms with van der Waals surface area (Å²) in [5, 5.41) is 28.9.